The molecule has 3 rings (SSSR count). The van der Waals surface area contributed by atoms with Crippen molar-refractivity contribution in [1.29, 1.82) is 0 Å². The van der Waals surface area contributed by atoms with E-state index < -0.39 is 6.36 Å². The third kappa shape index (κ3) is 3.66. The molecule has 0 bridgehead atoms. The molecule has 1 saturated heterocycles. The highest BCUT2D eigenvalue weighted by Gasteiger charge is 2.46. The molecule has 2 heterocycles. The smallest absolute Gasteiger partial charge is 0.467 e. The zero-order valence-corrected chi connectivity index (χ0v) is 14.0. The van der Waals surface area contributed by atoms with Crippen LogP contribution in [0.4, 0.5) is 13.2 Å². The first-order valence-electron chi connectivity index (χ1n) is 7.91. The molecule has 4 nitrogen and oxygen atoms in total. The van der Waals surface area contributed by atoms with E-state index in [4.69, 9.17) is 4.74 Å². The molecule has 1 unspecified atom stereocenters. The van der Waals surface area contributed by atoms with Gasteiger partial charge in [0.15, 0.2) is 0 Å². The first kappa shape index (κ1) is 17.1. The van der Waals surface area contributed by atoms with Gasteiger partial charge in [-0.15, -0.1) is 13.2 Å². The molecule has 0 aliphatic carbocycles. The van der Waals surface area contributed by atoms with Crippen LogP contribution in [-0.4, -0.2) is 47.9 Å². The lowest BCUT2D eigenvalue weighted by Crippen LogP contribution is -2.44. The average Bonchev–Trinajstić information content (AvgIpc) is 3.06. The Bertz CT molecular complexity index is 635. The minimum atomic E-state index is -4.69. The van der Waals surface area contributed by atoms with Crippen molar-refractivity contribution < 1.29 is 22.6 Å². The van der Waals surface area contributed by atoms with Crippen LogP contribution in [0.1, 0.15) is 32.8 Å². The second-order valence-electron chi connectivity index (χ2n) is 7.32. The predicted octanol–water partition coefficient (Wildman–Crippen LogP) is 3.61. The Morgan fingerprint density at radius 1 is 1.17 bits per heavy atom. The van der Waals surface area contributed by atoms with Gasteiger partial charge in [-0.1, -0.05) is 0 Å². The minimum Gasteiger partial charge on any atom is -0.467 e. The molecule has 7 heteroatoms. The molecule has 0 saturated carbocycles. The zero-order valence-electron chi connectivity index (χ0n) is 14.0. The van der Waals surface area contributed by atoms with E-state index in [1.807, 2.05) is 0 Å². The highest BCUT2D eigenvalue weighted by Crippen LogP contribution is 2.35. The number of hydrogen-bond donors (Lipinski definition) is 0. The second kappa shape index (κ2) is 5.65. The van der Waals surface area contributed by atoms with Gasteiger partial charge in [-0.05, 0) is 45.0 Å². The molecule has 1 aromatic carbocycles. The van der Waals surface area contributed by atoms with Gasteiger partial charge in [0.2, 0.25) is 5.90 Å². The van der Waals surface area contributed by atoms with Crippen molar-refractivity contribution in [2.75, 3.05) is 19.6 Å². The van der Waals surface area contributed by atoms with Gasteiger partial charge in [0.25, 0.3) is 0 Å². The zero-order chi connectivity index (χ0) is 17.6. The molecule has 0 N–H and O–H groups in total. The summed E-state index contributed by atoms with van der Waals surface area (Å²) in [5.41, 5.74) is 0.422. The van der Waals surface area contributed by atoms with Crippen LogP contribution in [0.3, 0.4) is 0 Å². The Morgan fingerprint density at radius 2 is 1.83 bits per heavy atom. The quantitative estimate of drug-likeness (QED) is 0.823. The van der Waals surface area contributed by atoms with Crippen LogP contribution >= 0.6 is 0 Å². The summed E-state index contributed by atoms with van der Waals surface area (Å²) in [6.45, 7) is 8.84. The van der Waals surface area contributed by atoms with E-state index in [0.29, 0.717) is 18.0 Å². The minimum absolute atomic E-state index is 0.0756. The maximum atomic E-state index is 12.2. The van der Waals surface area contributed by atoms with Crippen molar-refractivity contribution in [3.63, 3.8) is 0 Å². The Balaban J connectivity index is 1.66. The van der Waals surface area contributed by atoms with Gasteiger partial charge in [0, 0.05) is 30.6 Å². The second-order valence-corrected chi connectivity index (χ2v) is 7.32. The summed E-state index contributed by atoms with van der Waals surface area (Å²) in [7, 11) is 0. The molecule has 1 aromatic rings. The lowest BCUT2D eigenvalue weighted by Gasteiger charge is -2.33. The number of halogens is 3. The number of likely N-dealkylation sites (tertiary alicyclic amines) is 1. The summed E-state index contributed by atoms with van der Waals surface area (Å²) in [5.74, 6) is 0.239. The summed E-state index contributed by atoms with van der Waals surface area (Å²) >= 11 is 0. The van der Waals surface area contributed by atoms with E-state index in [9.17, 15) is 13.2 Å². The van der Waals surface area contributed by atoms with Crippen molar-refractivity contribution in [2.45, 2.75) is 44.7 Å². The van der Waals surface area contributed by atoms with Crippen molar-refractivity contribution in [1.82, 2.24) is 4.90 Å². The number of rotatable bonds is 2. The normalized spacial score (nSPS) is 25.0. The molecule has 1 fully saturated rings. The van der Waals surface area contributed by atoms with Crippen LogP contribution in [0.2, 0.25) is 0 Å². The average molecular weight is 342 g/mol. The predicted molar refractivity (Wildman–Crippen MR) is 84.3 cm³/mol. The third-order valence-electron chi connectivity index (χ3n) is 4.42. The van der Waals surface area contributed by atoms with Gasteiger partial charge in [-0.2, -0.15) is 0 Å². The van der Waals surface area contributed by atoms with Crippen molar-refractivity contribution in [3.05, 3.63) is 29.8 Å². The molecule has 132 valence electrons. The van der Waals surface area contributed by atoms with Crippen LogP contribution in [0.25, 0.3) is 0 Å². The monoisotopic (exact) mass is 342 g/mol. The Hall–Kier alpha value is -1.76. The molecular weight excluding hydrogens is 321 g/mol. The van der Waals surface area contributed by atoms with Crippen molar-refractivity contribution in [2.24, 2.45) is 4.99 Å². The van der Waals surface area contributed by atoms with Gasteiger partial charge in [-0.25, -0.2) is 4.99 Å². The molecule has 2 aliphatic rings. The number of aliphatic imine (C=N–C) groups is 1. The largest absolute Gasteiger partial charge is 0.573 e. The summed E-state index contributed by atoms with van der Waals surface area (Å²) in [6, 6.07) is 5.62. The molecule has 0 amide bonds. The topological polar surface area (TPSA) is 34.1 Å². The molecular formula is C17H21F3N2O2. The summed E-state index contributed by atoms with van der Waals surface area (Å²) in [6.07, 6.45) is -3.79. The van der Waals surface area contributed by atoms with Crippen LogP contribution in [0, 0.1) is 0 Å². The number of hydrogen-bond acceptors (Lipinski definition) is 4. The maximum Gasteiger partial charge on any atom is 0.573 e. The Morgan fingerprint density at radius 3 is 2.38 bits per heavy atom. The molecule has 24 heavy (non-hydrogen) atoms. The maximum absolute atomic E-state index is 12.2. The Labute approximate surface area is 139 Å². The molecule has 1 spiro atoms. The lowest BCUT2D eigenvalue weighted by atomic mass is 10.0. The Kier molecular flexibility index (Phi) is 4.02. The van der Waals surface area contributed by atoms with Crippen molar-refractivity contribution >= 4 is 5.90 Å². The molecule has 2 aliphatic heterocycles. The number of ether oxygens (including phenoxy) is 2. The SMILES string of the molecule is CC(C)(C)N1CCC2(CN=C(c3ccc(OC(F)(F)F)cc3)O2)C1. The van der Waals surface area contributed by atoms with Crippen LogP contribution in [0.5, 0.6) is 5.75 Å². The van der Waals surface area contributed by atoms with E-state index in [1.165, 1.54) is 24.3 Å². The molecule has 0 aromatic heterocycles. The number of alkyl halides is 3. The number of benzene rings is 1. The van der Waals surface area contributed by atoms with Crippen LogP contribution in [-0.2, 0) is 4.74 Å². The van der Waals surface area contributed by atoms with Gasteiger partial charge in [0.05, 0.1) is 6.54 Å². The van der Waals surface area contributed by atoms with E-state index in [1.54, 1.807) is 0 Å². The summed E-state index contributed by atoms with van der Waals surface area (Å²) < 4.78 is 46.6. The van der Waals surface area contributed by atoms with Crippen LogP contribution < -0.4 is 4.74 Å². The highest BCUT2D eigenvalue weighted by molar-refractivity contribution is 5.95. The fourth-order valence-electron chi connectivity index (χ4n) is 3.06. The fraction of sp³-hybridized carbons (Fsp3) is 0.588. The fourth-order valence-corrected chi connectivity index (χ4v) is 3.06. The third-order valence-corrected chi connectivity index (χ3v) is 4.42. The van der Waals surface area contributed by atoms with E-state index in [-0.39, 0.29) is 16.9 Å². The molecule has 1 atom stereocenters. The first-order valence-corrected chi connectivity index (χ1v) is 7.91. The summed E-state index contributed by atoms with van der Waals surface area (Å²) in [5, 5.41) is 0. The first-order chi connectivity index (χ1) is 11.1. The lowest BCUT2D eigenvalue weighted by molar-refractivity contribution is -0.274. The van der Waals surface area contributed by atoms with E-state index >= 15 is 0 Å². The number of nitrogens with zero attached hydrogens (tertiary/aromatic N) is 2. The van der Waals surface area contributed by atoms with Gasteiger partial charge in [0.1, 0.15) is 11.4 Å². The van der Waals surface area contributed by atoms with Gasteiger partial charge >= 0.3 is 6.36 Å². The highest BCUT2D eigenvalue weighted by atomic mass is 19.4. The summed E-state index contributed by atoms with van der Waals surface area (Å²) in [4.78, 5) is 6.83. The van der Waals surface area contributed by atoms with E-state index in [2.05, 4.69) is 35.4 Å². The van der Waals surface area contributed by atoms with Crippen molar-refractivity contribution in [3.8, 4) is 5.75 Å². The van der Waals surface area contributed by atoms with E-state index in [0.717, 1.165) is 19.5 Å². The molecule has 0 radical (unpaired) electrons. The standard InChI is InChI=1S/C17H21F3N2O2/c1-15(2,3)22-9-8-16(11-22)10-21-14(24-16)12-4-6-13(7-5-12)23-17(18,19)20/h4-7H,8-11H2,1-3H3. The van der Waals surface area contributed by atoms with Gasteiger partial charge in [-0.3, -0.25) is 4.90 Å². The van der Waals surface area contributed by atoms with Crippen LogP contribution in [0.15, 0.2) is 29.3 Å². The van der Waals surface area contributed by atoms with Gasteiger partial charge < -0.3 is 9.47 Å².